The largest absolute Gasteiger partial charge is 0.507 e. The van der Waals surface area contributed by atoms with E-state index >= 15 is 0 Å². The first-order chi connectivity index (χ1) is 11.8. The molecule has 1 aromatic carbocycles. The number of allylic oxidation sites excluding steroid dienone is 1. The van der Waals surface area contributed by atoms with Crippen LogP contribution in [0.3, 0.4) is 0 Å². The number of nitriles is 1. The average Bonchev–Trinajstić information content (AvgIpc) is 3.26. The van der Waals surface area contributed by atoms with Crippen LogP contribution in [0.4, 0.5) is 0 Å². The summed E-state index contributed by atoms with van der Waals surface area (Å²) < 4.78 is 25.0. The van der Waals surface area contributed by atoms with Gasteiger partial charge >= 0.3 is 0 Å². The first kappa shape index (κ1) is 20.5. The van der Waals surface area contributed by atoms with Gasteiger partial charge in [-0.3, -0.25) is 0 Å². The van der Waals surface area contributed by atoms with Crippen LogP contribution in [-0.4, -0.2) is 19.3 Å². The van der Waals surface area contributed by atoms with Gasteiger partial charge in [0.05, 0.1) is 5.75 Å². The Labute approximate surface area is 157 Å². The molecule has 142 valence electrons. The molecule has 0 atom stereocenters. The Balaban J connectivity index is 2.63. The molecule has 0 radical (unpaired) electrons. The van der Waals surface area contributed by atoms with Crippen molar-refractivity contribution in [3.8, 4) is 11.8 Å². The monoisotopic (exact) mass is 375 g/mol. The van der Waals surface area contributed by atoms with Crippen LogP contribution in [0.2, 0.25) is 0 Å². The van der Waals surface area contributed by atoms with E-state index in [9.17, 15) is 18.8 Å². The van der Waals surface area contributed by atoms with Gasteiger partial charge in [0.15, 0.2) is 9.84 Å². The van der Waals surface area contributed by atoms with Crippen LogP contribution in [0.25, 0.3) is 6.08 Å². The summed E-state index contributed by atoms with van der Waals surface area (Å²) in [5, 5.41) is 20.2. The van der Waals surface area contributed by atoms with Gasteiger partial charge < -0.3 is 5.11 Å². The van der Waals surface area contributed by atoms with Gasteiger partial charge in [0, 0.05) is 11.1 Å². The fraction of sp³-hybridized carbons (Fsp3) is 0.571. The number of benzene rings is 1. The fourth-order valence-electron chi connectivity index (χ4n) is 2.91. The third-order valence-corrected chi connectivity index (χ3v) is 6.43. The van der Waals surface area contributed by atoms with Crippen LogP contribution < -0.4 is 0 Å². The Morgan fingerprint density at radius 3 is 1.96 bits per heavy atom. The van der Waals surface area contributed by atoms with E-state index in [1.54, 1.807) is 12.1 Å². The quantitative estimate of drug-likeness (QED) is 0.775. The summed E-state index contributed by atoms with van der Waals surface area (Å²) in [6, 6.07) is 5.44. The van der Waals surface area contributed by atoms with Crippen LogP contribution in [0, 0.1) is 17.2 Å². The lowest BCUT2D eigenvalue weighted by atomic mass is 9.78. The van der Waals surface area contributed by atoms with E-state index in [4.69, 9.17) is 0 Å². The average molecular weight is 376 g/mol. The minimum atomic E-state index is -3.58. The molecular weight excluding hydrogens is 346 g/mol. The molecule has 0 bridgehead atoms. The highest BCUT2D eigenvalue weighted by Gasteiger charge is 2.31. The number of rotatable bonds is 4. The molecule has 1 aromatic rings. The Morgan fingerprint density at radius 1 is 1.15 bits per heavy atom. The van der Waals surface area contributed by atoms with Gasteiger partial charge in [-0.2, -0.15) is 5.26 Å². The van der Waals surface area contributed by atoms with E-state index in [2.05, 4.69) is 0 Å². The smallest absolute Gasteiger partial charge is 0.188 e. The third kappa shape index (κ3) is 4.67. The van der Waals surface area contributed by atoms with Gasteiger partial charge in [-0.1, -0.05) is 41.5 Å². The zero-order valence-corrected chi connectivity index (χ0v) is 17.4. The lowest BCUT2D eigenvalue weighted by molar-refractivity contribution is 0.423. The summed E-state index contributed by atoms with van der Waals surface area (Å²) in [4.78, 5) is -0.199. The minimum Gasteiger partial charge on any atom is -0.507 e. The van der Waals surface area contributed by atoms with Crippen molar-refractivity contribution in [2.45, 2.75) is 65.2 Å². The normalized spacial score (nSPS) is 16.4. The van der Waals surface area contributed by atoms with Crippen molar-refractivity contribution in [1.82, 2.24) is 0 Å². The number of nitrogens with zero attached hydrogens (tertiary/aromatic N) is 1. The summed E-state index contributed by atoms with van der Waals surface area (Å²) in [6.45, 7) is 12.0. The molecule has 4 nitrogen and oxygen atoms in total. The van der Waals surface area contributed by atoms with Crippen molar-refractivity contribution in [2.24, 2.45) is 5.92 Å². The molecule has 1 fully saturated rings. The molecule has 1 aliphatic carbocycles. The summed E-state index contributed by atoms with van der Waals surface area (Å²) in [5.74, 6) is 0.469. The van der Waals surface area contributed by atoms with E-state index in [1.165, 1.54) is 6.08 Å². The first-order valence-corrected chi connectivity index (χ1v) is 10.6. The Bertz CT molecular complexity index is 836. The standard InChI is InChI=1S/C21H29NO3S/c1-20(2,3)17-10-15(11-18(19(17)23)21(4,5)6)9-16(12-22)26(24,25)13-14-7-8-14/h9-11,14,23H,7-8,13H2,1-6H3. The van der Waals surface area contributed by atoms with Crippen molar-refractivity contribution in [3.63, 3.8) is 0 Å². The van der Waals surface area contributed by atoms with Gasteiger partial charge in [0.1, 0.15) is 16.7 Å². The van der Waals surface area contributed by atoms with Crippen LogP contribution >= 0.6 is 0 Å². The van der Waals surface area contributed by atoms with Crippen molar-refractivity contribution in [2.75, 3.05) is 5.75 Å². The highest BCUT2D eigenvalue weighted by atomic mass is 32.2. The third-order valence-electron chi connectivity index (χ3n) is 4.64. The second-order valence-corrected chi connectivity index (χ2v) is 11.3. The zero-order chi connectivity index (χ0) is 19.9. The van der Waals surface area contributed by atoms with Gasteiger partial charge in [-0.25, -0.2) is 8.42 Å². The first-order valence-electron chi connectivity index (χ1n) is 8.98. The summed E-state index contributed by atoms with van der Waals surface area (Å²) in [6.07, 6.45) is 3.28. The topological polar surface area (TPSA) is 78.2 Å². The molecule has 5 heteroatoms. The SMILES string of the molecule is CC(C)(C)c1cc(C=C(C#N)S(=O)(=O)CC2CC2)cc(C(C)(C)C)c1O. The lowest BCUT2D eigenvalue weighted by Gasteiger charge is -2.28. The van der Waals surface area contributed by atoms with Gasteiger partial charge in [-0.05, 0) is 53.4 Å². The van der Waals surface area contributed by atoms with Crippen LogP contribution in [0.1, 0.15) is 71.1 Å². The molecule has 2 rings (SSSR count). The molecule has 0 unspecified atom stereocenters. The van der Waals surface area contributed by atoms with Crippen molar-refractivity contribution in [3.05, 3.63) is 33.7 Å². The zero-order valence-electron chi connectivity index (χ0n) is 16.5. The number of hydrogen-bond acceptors (Lipinski definition) is 4. The Morgan fingerprint density at radius 2 is 1.62 bits per heavy atom. The molecule has 0 aliphatic heterocycles. The highest BCUT2D eigenvalue weighted by Crippen LogP contribution is 2.40. The van der Waals surface area contributed by atoms with E-state index in [0.717, 1.165) is 24.0 Å². The van der Waals surface area contributed by atoms with E-state index in [1.807, 2.05) is 47.6 Å². The predicted octanol–water partition coefficient (Wildman–Crippen LogP) is 4.68. The Kier molecular flexibility index (Phi) is 5.31. The van der Waals surface area contributed by atoms with Gasteiger partial charge in [0.2, 0.25) is 0 Å². The number of aromatic hydroxyl groups is 1. The van der Waals surface area contributed by atoms with Crippen LogP contribution in [0.5, 0.6) is 5.75 Å². The van der Waals surface area contributed by atoms with Crippen molar-refractivity contribution in [1.29, 1.82) is 5.26 Å². The van der Waals surface area contributed by atoms with E-state index < -0.39 is 9.84 Å². The minimum absolute atomic E-state index is 0.0444. The fourth-order valence-corrected chi connectivity index (χ4v) is 4.50. The molecule has 1 saturated carbocycles. The molecular formula is C21H29NO3S. The molecule has 0 aromatic heterocycles. The number of sulfone groups is 1. The molecule has 1 N–H and O–H groups in total. The maximum Gasteiger partial charge on any atom is 0.188 e. The summed E-state index contributed by atoms with van der Waals surface area (Å²) >= 11 is 0. The summed E-state index contributed by atoms with van der Waals surface area (Å²) in [7, 11) is -3.58. The van der Waals surface area contributed by atoms with Crippen molar-refractivity contribution >= 4 is 15.9 Å². The number of phenolic OH excluding ortho intramolecular Hbond substituents is 1. The second kappa shape index (κ2) is 6.74. The Hall–Kier alpha value is -1.80. The molecule has 0 heterocycles. The van der Waals surface area contributed by atoms with Gasteiger partial charge in [0.25, 0.3) is 0 Å². The second-order valence-electron chi connectivity index (χ2n) is 9.31. The van der Waals surface area contributed by atoms with E-state index in [-0.39, 0.29) is 33.2 Å². The lowest BCUT2D eigenvalue weighted by Crippen LogP contribution is -2.17. The maximum atomic E-state index is 12.5. The predicted molar refractivity (Wildman–Crippen MR) is 106 cm³/mol. The highest BCUT2D eigenvalue weighted by molar-refractivity contribution is 7.95. The molecule has 1 aliphatic rings. The molecule has 0 saturated heterocycles. The van der Waals surface area contributed by atoms with Crippen molar-refractivity contribution < 1.29 is 13.5 Å². The molecule has 0 amide bonds. The number of hydrogen-bond donors (Lipinski definition) is 1. The van der Waals surface area contributed by atoms with E-state index in [0.29, 0.717) is 5.56 Å². The van der Waals surface area contributed by atoms with Crippen LogP contribution in [0.15, 0.2) is 17.0 Å². The molecule has 0 spiro atoms. The van der Waals surface area contributed by atoms with Gasteiger partial charge in [-0.15, -0.1) is 0 Å². The molecule has 26 heavy (non-hydrogen) atoms. The number of phenols is 1. The maximum absolute atomic E-state index is 12.5. The summed E-state index contributed by atoms with van der Waals surface area (Å²) in [5.41, 5.74) is 1.50. The van der Waals surface area contributed by atoms with Crippen LogP contribution in [-0.2, 0) is 20.7 Å².